The van der Waals surface area contributed by atoms with Crippen molar-refractivity contribution < 1.29 is 27.4 Å². The number of ether oxygens (including phenoxy) is 3. The van der Waals surface area contributed by atoms with E-state index in [1.165, 1.54) is 11.8 Å². The molecule has 0 aromatic rings. The van der Waals surface area contributed by atoms with Crippen LogP contribution in [0.25, 0.3) is 0 Å². The summed E-state index contributed by atoms with van der Waals surface area (Å²) in [5.41, 5.74) is 1.08. The van der Waals surface area contributed by atoms with Gasteiger partial charge in [-0.2, -0.15) is 4.31 Å². The van der Waals surface area contributed by atoms with Crippen molar-refractivity contribution in [1.82, 2.24) is 14.1 Å². The van der Waals surface area contributed by atoms with Crippen molar-refractivity contribution >= 4 is 16.1 Å². The Balaban J connectivity index is 0.959. The van der Waals surface area contributed by atoms with Gasteiger partial charge in [0.1, 0.15) is 17.8 Å². The van der Waals surface area contributed by atoms with Crippen LogP contribution in [0, 0.1) is 5.92 Å². The molecule has 0 bridgehead atoms. The Kier molecular flexibility index (Phi) is 7.22. The van der Waals surface area contributed by atoms with Crippen LogP contribution in [0.5, 0.6) is 0 Å². The summed E-state index contributed by atoms with van der Waals surface area (Å²) in [5.74, 6) is 0.499. The fourth-order valence-electron chi connectivity index (χ4n) is 6.31. The first-order valence-corrected chi connectivity index (χ1v) is 15.5. The van der Waals surface area contributed by atoms with Crippen LogP contribution in [-0.4, -0.2) is 110 Å². The number of carbonyl (C=O) groups excluding carboxylic acids is 1. The van der Waals surface area contributed by atoms with E-state index in [0.29, 0.717) is 19.0 Å². The number of epoxide rings is 2. The van der Waals surface area contributed by atoms with Gasteiger partial charge in [-0.3, -0.25) is 0 Å². The Bertz CT molecular complexity index is 960. The van der Waals surface area contributed by atoms with Gasteiger partial charge in [0.25, 0.3) is 0 Å². The SMILES string of the molecule is CC(C)=CC[C@H]1O[C@@]1(C)C1OC12CCC(OC(=O)N1CC(CCN3CCN(S(C)(=O)=O)CC3)C1)CC2. The molecule has 9 nitrogen and oxygen atoms in total. The van der Waals surface area contributed by atoms with Crippen LogP contribution in [0.1, 0.15) is 59.3 Å². The van der Waals surface area contributed by atoms with Crippen LogP contribution < -0.4 is 0 Å². The van der Waals surface area contributed by atoms with E-state index in [0.717, 1.165) is 71.2 Å². The van der Waals surface area contributed by atoms with Crippen LogP contribution in [0.3, 0.4) is 0 Å². The highest BCUT2D eigenvalue weighted by atomic mass is 32.2. The topological polar surface area (TPSA) is 95.2 Å². The van der Waals surface area contributed by atoms with Crippen LogP contribution in [-0.2, 0) is 24.2 Å². The minimum absolute atomic E-state index is 0.0208. The Morgan fingerprint density at radius 1 is 1.08 bits per heavy atom. The molecule has 4 aliphatic heterocycles. The maximum absolute atomic E-state index is 12.6. The lowest BCUT2D eigenvalue weighted by molar-refractivity contribution is 0.00458. The molecule has 1 aliphatic carbocycles. The van der Waals surface area contributed by atoms with Crippen LogP contribution in [0.15, 0.2) is 11.6 Å². The zero-order chi connectivity index (χ0) is 25.7. The summed E-state index contributed by atoms with van der Waals surface area (Å²) in [6, 6.07) is 0. The number of rotatable bonds is 8. The molecule has 4 heterocycles. The molecule has 5 rings (SSSR count). The Morgan fingerprint density at radius 3 is 2.36 bits per heavy atom. The van der Waals surface area contributed by atoms with E-state index in [1.807, 2.05) is 4.90 Å². The molecule has 10 heteroatoms. The predicted molar refractivity (Wildman–Crippen MR) is 136 cm³/mol. The van der Waals surface area contributed by atoms with E-state index >= 15 is 0 Å². The molecule has 0 radical (unpaired) electrons. The van der Waals surface area contributed by atoms with Gasteiger partial charge in [-0.15, -0.1) is 0 Å². The van der Waals surface area contributed by atoms with Crippen molar-refractivity contribution in [2.45, 2.75) is 88.8 Å². The van der Waals surface area contributed by atoms with E-state index in [2.05, 4.69) is 31.7 Å². The summed E-state index contributed by atoms with van der Waals surface area (Å²) in [6.45, 7) is 11.6. The summed E-state index contributed by atoms with van der Waals surface area (Å²) >= 11 is 0. The Labute approximate surface area is 216 Å². The third-order valence-electron chi connectivity index (χ3n) is 8.93. The fourth-order valence-corrected chi connectivity index (χ4v) is 7.14. The lowest BCUT2D eigenvalue weighted by Crippen LogP contribution is -2.53. The van der Waals surface area contributed by atoms with Gasteiger partial charge in [-0.05, 0) is 71.8 Å². The van der Waals surface area contributed by atoms with Gasteiger partial charge in [-0.1, -0.05) is 11.6 Å². The minimum atomic E-state index is -3.09. The summed E-state index contributed by atoms with van der Waals surface area (Å²) in [5, 5.41) is 0. The van der Waals surface area contributed by atoms with Gasteiger partial charge >= 0.3 is 6.09 Å². The number of allylic oxidation sites excluding steroid dienone is 1. The average Bonchev–Trinajstić information content (AvgIpc) is 3.68. The molecule has 1 unspecified atom stereocenters. The number of piperazine rings is 1. The molecule has 0 N–H and O–H groups in total. The molecular formula is C26H43N3O6S. The third-order valence-corrected chi connectivity index (χ3v) is 10.2. The van der Waals surface area contributed by atoms with Crippen molar-refractivity contribution in [1.29, 1.82) is 0 Å². The molecule has 0 aromatic carbocycles. The molecule has 204 valence electrons. The van der Waals surface area contributed by atoms with Crippen molar-refractivity contribution in [2.24, 2.45) is 5.92 Å². The fraction of sp³-hybridized carbons (Fsp3) is 0.885. The maximum Gasteiger partial charge on any atom is 0.410 e. The zero-order valence-electron chi connectivity index (χ0n) is 22.3. The molecule has 36 heavy (non-hydrogen) atoms. The standard InChI is InChI=1S/C26H43N3O6S/c1-19(2)5-6-22-25(3,34-22)23-26(35-23)10-7-21(8-11-26)33-24(30)28-17-20(18-28)9-12-27-13-15-29(16-14-27)36(4,31)32/h5,20-23H,6-18H2,1-4H3/t21?,22-,23?,25-,26?/m1/s1. The molecule has 5 aliphatic rings. The molecule has 5 fully saturated rings. The predicted octanol–water partition coefficient (Wildman–Crippen LogP) is 2.62. The molecule has 0 aromatic heterocycles. The quantitative estimate of drug-likeness (QED) is 0.355. The molecule has 1 amide bonds. The number of likely N-dealkylation sites (tertiary alicyclic amines) is 1. The molecule has 4 saturated heterocycles. The van der Waals surface area contributed by atoms with Crippen molar-refractivity contribution in [2.75, 3.05) is 52.1 Å². The normalized spacial score (nSPS) is 37.4. The first-order chi connectivity index (χ1) is 17.0. The van der Waals surface area contributed by atoms with Gasteiger partial charge < -0.3 is 24.0 Å². The van der Waals surface area contributed by atoms with Gasteiger partial charge in [0.05, 0.1) is 18.0 Å². The second-order valence-electron chi connectivity index (χ2n) is 12.0. The second kappa shape index (κ2) is 9.84. The van der Waals surface area contributed by atoms with Gasteiger partial charge in [-0.25, -0.2) is 13.2 Å². The lowest BCUT2D eigenvalue weighted by Gasteiger charge is -2.41. The first-order valence-electron chi connectivity index (χ1n) is 13.6. The van der Waals surface area contributed by atoms with E-state index in [1.54, 1.807) is 4.31 Å². The van der Waals surface area contributed by atoms with E-state index in [4.69, 9.17) is 14.2 Å². The van der Waals surface area contributed by atoms with Crippen molar-refractivity contribution in [3.05, 3.63) is 11.6 Å². The Morgan fingerprint density at radius 2 is 1.75 bits per heavy atom. The maximum atomic E-state index is 12.6. The molecule has 3 atom stereocenters. The zero-order valence-corrected chi connectivity index (χ0v) is 23.1. The van der Waals surface area contributed by atoms with Crippen LogP contribution in [0.4, 0.5) is 4.79 Å². The number of carbonyl (C=O) groups is 1. The van der Waals surface area contributed by atoms with E-state index < -0.39 is 10.0 Å². The molecule has 1 spiro atoms. The number of amides is 1. The third kappa shape index (κ3) is 5.62. The van der Waals surface area contributed by atoms with Crippen molar-refractivity contribution in [3.63, 3.8) is 0 Å². The largest absolute Gasteiger partial charge is 0.446 e. The summed E-state index contributed by atoms with van der Waals surface area (Å²) in [6.07, 6.45) is 9.29. The summed E-state index contributed by atoms with van der Waals surface area (Å²) in [4.78, 5) is 16.8. The minimum Gasteiger partial charge on any atom is -0.446 e. The number of sulfonamides is 1. The second-order valence-corrected chi connectivity index (χ2v) is 14.0. The smallest absolute Gasteiger partial charge is 0.410 e. The van der Waals surface area contributed by atoms with Gasteiger partial charge in [0.15, 0.2) is 0 Å². The highest BCUT2D eigenvalue weighted by Gasteiger charge is 2.73. The summed E-state index contributed by atoms with van der Waals surface area (Å²) in [7, 11) is -3.09. The van der Waals surface area contributed by atoms with Crippen molar-refractivity contribution in [3.8, 4) is 0 Å². The highest BCUT2D eigenvalue weighted by Crippen LogP contribution is 2.60. The highest BCUT2D eigenvalue weighted by molar-refractivity contribution is 7.88. The molecular weight excluding hydrogens is 482 g/mol. The Hall–Kier alpha value is -1.20. The first kappa shape index (κ1) is 26.4. The average molecular weight is 526 g/mol. The lowest BCUT2D eigenvalue weighted by atomic mass is 9.80. The monoisotopic (exact) mass is 525 g/mol. The summed E-state index contributed by atoms with van der Waals surface area (Å²) < 4.78 is 43.0. The number of hydrogen-bond acceptors (Lipinski definition) is 7. The van der Waals surface area contributed by atoms with Gasteiger partial charge in [0.2, 0.25) is 10.0 Å². The van der Waals surface area contributed by atoms with Crippen LogP contribution >= 0.6 is 0 Å². The van der Waals surface area contributed by atoms with Crippen LogP contribution in [0.2, 0.25) is 0 Å². The van der Waals surface area contributed by atoms with E-state index in [9.17, 15) is 13.2 Å². The van der Waals surface area contributed by atoms with Gasteiger partial charge in [0, 0.05) is 39.3 Å². The van der Waals surface area contributed by atoms with E-state index in [-0.39, 0.29) is 35.6 Å². The number of hydrogen-bond donors (Lipinski definition) is 0. The molecule has 1 saturated carbocycles. The number of nitrogens with zero attached hydrogens (tertiary/aromatic N) is 3.